The molecule has 0 aliphatic rings. The van der Waals surface area contributed by atoms with E-state index in [4.69, 9.17) is 4.74 Å². The zero-order chi connectivity index (χ0) is 23.4. The maximum atomic E-state index is 12.2. The van der Waals surface area contributed by atoms with Crippen molar-refractivity contribution in [2.75, 3.05) is 6.61 Å². The van der Waals surface area contributed by atoms with E-state index in [0.29, 0.717) is 18.0 Å². The van der Waals surface area contributed by atoms with E-state index in [2.05, 4.69) is 59.1 Å². The summed E-state index contributed by atoms with van der Waals surface area (Å²) in [4.78, 5) is 17.7. The molecule has 2 aromatic heterocycles. The third-order valence-electron chi connectivity index (χ3n) is 5.35. The highest BCUT2D eigenvalue weighted by molar-refractivity contribution is 6.76. The summed E-state index contributed by atoms with van der Waals surface area (Å²) in [7, 11) is -1.16. The van der Waals surface area contributed by atoms with Crippen molar-refractivity contribution in [1.29, 1.82) is 0 Å². The smallest absolute Gasteiger partial charge is 0.182 e. The average molecular weight is 460 g/mol. The predicted molar refractivity (Wildman–Crippen MR) is 132 cm³/mol. The molecule has 0 saturated heterocycles. The van der Waals surface area contributed by atoms with Crippen LogP contribution in [-0.4, -0.2) is 45.0 Å². The normalized spacial score (nSPS) is 11.6. The minimum Gasteiger partial charge on any atom is -0.358 e. The molecule has 0 amide bonds. The number of hydrogen-bond acceptors (Lipinski definition) is 5. The Morgan fingerprint density at radius 3 is 2.15 bits per heavy atom. The third-order valence-corrected chi connectivity index (χ3v) is 7.06. The molecule has 0 saturated carbocycles. The van der Waals surface area contributed by atoms with E-state index < -0.39 is 8.07 Å². The number of carbonyl (C=O) groups is 1. The summed E-state index contributed by atoms with van der Waals surface area (Å²) in [5.74, 6) is -0.113. The Hall–Kier alpha value is -3.36. The number of imidazole rings is 1. The van der Waals surface area contributed by atoms with Gasteiger partial charge >= 0.3 is 0 Å². The van der Waals surface area contributed by atoms with Crippen LogP contribution in [0.5, 0.6) is 0 Å². The maximum absolute atomic E-state index is 12.2. The first-order chi connectivity index (χ1) is 15.8. The van der Waals surface area contributed by atoms with E-state index in [9.17, 15) is 4.79 Å². The highest BCUT2D eigenvalue weighted by atomic mass is 28.3. The van der Waals surface area contributed by atoms with Crippen LogP contribution in [0.25, 0.3) is 28.1 Å². The van der Waals surface area contributed by atoms with Crippen molar-refractivity contribution in [3.63, 3.8) is 0 Å². The second kappa shape index (κ2) is 9.64. The van der Waals surface area contributed by atoms with Crippen molar-refractivity contribution in [2.24, 2.45) is 0 Å². The zero-order valence-corrected chi connectivity index (χ0v) is 20.5. The first-order valence-electron chi connectivity index (χ1n) is 11.0. The Morgan fingerprint density at radius 2 is 1.58 bits per heavy atom. The average Bonchev–Trinajstić information content (AvgIpc) is 3.47. The Labute approximate surface area is 195 Å². The van der Waals surface area contributed by atoms with E-state index in [0.717, 1.165) is 28.4 Å². The second-order valence-corrected chi connectivity index (χ2v) is 14.9. The van der Waals surface area contributed by atoms with Gasteiger partial charge in [0.25, 0.3) is 0 Å². The van der Waals surface area contributed by atoms with Crippen molar-refractivity contribution in [1.82, 2.24) is 24.5 Å². The lowest BCUT2D eigenvalue weighted by Crippen LogP contribution is -2.22. The molecule has 0 unspecified atom stereocenters. The molecule has 33 heavy (non-hydrogen) atoms. The van der Waals surface area contributed by atoms with Crippen LogP contribution in [0.2, 0.25) is 25.7 Å². The van der Waals surface area contributed by atoms with Gasteiger partial charge in [0.15, 0.2) is 18.2 Å². The lowest BCUT2D eigenvalue weighted by atomic mass is 10.0. The lowest BCUT2D eigenvalue weighted by Gasteiger charge is -2.14. The largest absolute Gasteiger partial charge is 0.358 e. The monoisotopic (exact) mass is 459 g/mol. The molecule has 2 heterocycles. The fourth-order valence-corrected chi connectivity index (χ4v) is 4.18. The van der Waals surface area contributed by atoms with Gasteiger partial charge in [0, 0.05) is 45.2 Å². The van der Waals surface area contributed by atoms with Crippen LogP contribution < -0.4 is 0 Å². The number of Topliss-reactive ketones (excluding diaryl/α,β-unsaturated/α-hetero) is 1. The van der Waals surface area contributed by atoms with Gasteiger partial charge in [0.05, 0.1) is 6.33 Å². The topological polar surface area (TPSA) is 74.8 Å². The number of aromatic nitrogens is 5. The molecular formula is C25H29N5O2Si. The Bertz CT molecular complexity index is 1210. The summed E-state index contributed by atoms with van der Waals surface area (Å²) in [6, 6.07) is 17.4. The molecule has 170 valence electrons. The van der Waals surface area contributed by atoms with Gasteiger partial charge < -0.3 is 9.30 Å². The van der Waals surface area contributed by atoms with E-state index in [1.54, 1.807) is 12.5 Å². The van der Waals surface area contributed by atoms with E-state index >= 15 is 0 Å². The Morgan fingerprint density at radius 1 is 0.939 bits per heavy atom. The maximum Gasteiger partial charge on any atom is 0.182 e. The van der Waals surface area contributed by atoms with E-state index in [1.807, 2.05) is 35.0 Å². The molecule has 0 aliphatic heterocycles. The van der Waals surface area contributed by atoms with Gasteiger partial charge in [-0.25, -0.2) is 4.98 Å². The molecule has 0 N–H and O–H groups in total. The van der Waals surface area contributed by atoms with Crippen LogP contribution in [-0.2, 0) is 11.5 Å². The second-order valence-electron chi connectivity index (χ2n) is 9.27. The molecular weight excluding hydrogens is 430 g/mol. The van der Waals surface area contributed by atoms with Gasteiger partial charge in [-0.3, -0.25) is 4.79 Å². The number of hydrogen-bond donors (Lipinski definition) is 0. The van der Waals surface area contributed by atoms with E-state index in [-0.39, 0.29) is 12.5 Å². The fraction of sp³-hybridized carbons (Fsp3) is 0.280. The SMILES string of the molecule is CC(=O)c1nn(COCC[Si](C)(C)C)nc1-c1ccc(-c2ccc(-n3ccnc3)cc2)cc1. The fourth-order valence-electron chi connectivity index (χ4n) is 3.42. The highest BCUT2D eigenvalue weighted by Crippen LogP contribution is 2.26. The summed E-state index contributed by atoms with van der Waals surface area (Å²) >= 11 is 0. The first-order valence-corrected chi connectivity index (χ1v) is 14.7. The van der Waals surface area contributed by atoms with Crippen LogP contribution >= 0.6 is 0 Å². The van der Waals surface area contributed by atoms with Gasteiger partial charge in [-0.15, -0.1) is 5.10 Å². The van der Waals surface area contributed by atoms with Crippen LogP contribution in [0.4, 0.5) is 0 Å². The number of benzene rings is 2. The van der Waals surface area contributed by atoms with Gasteiger partial charge in [0.1, 0.15) is 5.69 Å². The summed E-state index contributed by atoms with van der Waals surface area (Å²) in [5, 5.41) is 8.91. The van der Waals surface area contributed by atoms with Gasteiger partial charge in [-0.05, 0) is 29.3 Å². The van der Waals surface area contributed by atoms with Crippen molar-refractivity contribution < 1.29 is 9.53 Å². The zero-order valence-electron chi connectivity index (χ0n) is 19.5. The van der Waals surface area contributed by atoms with Crippen LogP contribution in [0.15, 0.2) is 67.3 Å². The van der Waals surface area contributed by atoms with Crippen molar-refractivity contribution >= 4 is 13.9 Å². The molecule has 8 heteroatoms. The Kier molecular flexibility index (Phi) is 6.66. The number of nitrogens with zero attached hydrogens (tertiary/aromatic N) is 5. The Balaban J connectivity index is 1.49. The van der Waals surface area contributed by atoms with Crippen molar-refractivity contribution in [2.45, 2.75) is 39.3 Å². The molecule has 2 aromatic carbocycles. The number of carbonyl (C=O) groups excluding carboxylic acids is 1. The first kappa shape index (κ1) is 22.8. The van der Waals surface area contributed by atoms with Crippen molar-refractivity contribution in [3.05, 3.63) is 72.9 Å². The molecule has 7 nitrogen and oxygen atoms in total. The number of rotatable bonds is 9. The van der Waals surface area contributed by atoms with Gasteiger partial charge in [0.2, 0.25) is 0 Å². The van der Waals surface area contributed by atoms with Crippen LogP contribution in [0.1, 0.15) is 17.4 Å². The molecule has 0 aliphatic carbocycles. The quantitative estimate of drug-likeness (QED) is 0.193. The summed E-state index contributed by atoms with van der Waals surface area (Å²) in [5.41, 5.74) is 5.05. The molecule has 0 atom stereocenters. The molecule has 0 fully saturated rings. The molecule has 4 rings (SSSR count). The minimum atomic E-state index is -1.16. The summed E-state index contributed by atoms with van der Waals surface area (Å²) in [6.07, 6.45) is 5.46. The summed E-state index contributed by atoms with van der Waals surface area (Å²) < 4.78 is 7.72. The molecule has 0 spiro atoms. The lowest BCUT2D eigenvalue weighted by molar-refractivity contribution is 0.0682. The van der Waals surface area contributed by atoms with Crippen LogP contribution in [0.3, 0.4) is 0 Å². The van der Waals surface area contributed by atoms with Gasteiger partial charge in [-0.2, -0.15) is 9.90 Å². The molecule has 0 radical (unpaired) electrons. The minimum absolute atomic E-state index is 0.113. The molecule has 0 bridgehead atoms. The van der Waals surface area contributed by atoms with E-state index in [1.165, 1.54) is 11.7 Å². The number of ketones is 1. The third kappa shape index (κ3) is 5.71. The van der Waals surface area contributed by atoms with Crippen LogP contribution in [0, 0.1) is 0 Å². The number of ether oxygens (including phenoxy) is 1. The van der Waals surface area contributed by atoms with Crippen molar-refractivity contribution in [3.8, 4) is 28.1 Å². The van der Waals surface area contributed by atoms with Gasteiger partial charge in [-0.1, -0.05) is 56.0 Å². The standard InChI is InChI=1S/C25H29N5O2Si/c1-19(31)24-25(28-30(27-24)18-32-15-16-33(2,3)4)22-7-5-20(6-8-22)21-9-11-23(12-10-21)29-14-13-26-17-29/h5-14,17H,15-16,18H2,1-4H3. The summed E-state index contributed by atoms with van der Waals surface area (Å²) in [6.45, 7) is 9.37. The molecule has 4 aromatic rings. The predicted octanol–water partition coefficient (Wildman–Crippen LogP) is 5.31. The highest BCUT2D eigenvalue weighted by Gasteiger charge is 2.18.